The quantitative estimate of drug-likeness (QED) is 0.627. The summed E-state index contributed by atoms with van der Waals surface area (Å²) in [5, 5.41) is 1.19. The zero-order valence-corrected chi connectivity index (χ0v) is 9.28. The van der Waals surface area contributed by atoms with Crippen molar-refractivity contribution < 1.29 is 0 Å². The number of aryl methyl sites for hydroxylation is 1. The molecule has 0 saturated carbocycles. The van der Waals surface area contributed by atoms with Gasteiger partial charge in [0.25, 0.3) is 0 Å². The van der Waals surface area contributed by atoms with Crippen molar-refractivity contribution in [1.82, 2.24) is 9.97 Å². The third kappa shape index (κ3) is 1.07. The molecule has 2 heterocycles. The first-order chi connectivity index (χ1) is 6.88. The summed E-state index contributed by atoms with van der Waals surface area (Å²) in [6.45, 7) is 2.13. The summed E-state index contributed by atoms with van der Waals surface area (Å²) >= 11 is 3.44. The Labute approximate surface area is 89.2 Å². The minimum absolute atomic E-state index is 1.00. The van der Waals surface area contributed by atoms with E-state index in [0.29, 0.717) is 0 Å². The standard InChI is InChI=1S/C10H8N2S2/c1-2-8-12-10-7(14-8)4-3-6-9(10)11-5-13-6/h3-5H,2H2,1H3. The van der Waals surface area contributed by atoms with Crippen molar-refractivity contribution in [1.29, 1.82) is 0 Å². The topological polar surface area (TPSA) is 25.8 Å². The Morgan fingerprint density at radius 2 is 2.07 bits per heavy atom. The van der Waals surface area contributed by atoms with Gasteiger partial charge in [-0.15, -0.1) is 22.7 Å². The van der Waals surface area contributed by atoms with Crippen molar-refractivity contribution in [2.45, 2.75) is 13.3 Å². The van der Waals surface area contributed by atoms with Crippen molar-refractivity contribution in [3.05, 3.63) is 22.7 Å². The van der Waals surface area contributed by atoms with Crippen LogP contribution >= 0.6 is 22.7 Å². The molecule has 0 atom stereocenters. The van der Waals surface area contributed by atoms with Gasteiger partial charge in [-0.05, 0) is 18.6 Å². The molecule has 3 aromatic rings. The number of hydrogen-bond donors (Lipinski definition) is 0. The maximum atomic E-state index is 4.59. The van der Waals surface area contributed by atoms with Crippen LogP contribution in [0, 0.1) is 0 Å². The number of benzene rings is 1. The molecular formula is C10H8N2S2. The molecule has 0 aliphatic heterocycles. The first-order valence-corrected chi connectivity index (χ1v) is 6.19. The molecule has 0 unspecified atom stereocenters. The molecule has 0 radical (unpaired) electrons. The number of thiazole rings is 2. The fourth-order valence-electron chi connectivity index (χ4n) is 1.51. The van der Waals surface area contributed by atoms with Crippen molar-refractivity contribution in [3.8, 4) is 0 Å². The van der Waals surface area contributed by atoms with E-state index in [2.05, 4.69) is 29.0 Å². The van der Waals surface area contributed by atoms with Gasteiger partial charge < -0.3 is 0 Å². The summed E-state index contributed by atoms with van der Waals surface area (Å²) in [5.41, 5.74) is 4.02. The average molecular weight is 220 g/mol. The van der Waals surface area contributed by atoms with Gasteiger partial charge in [-0.1, -0.05) is 6.92 Å². The van der Waals surface area contributed by atoms with E-state index in [1.807, 2.05) is 5.51 Å². The second-order valence-corrected chi connectivity index (χ2v) is 5.07. The van der Waals surface area contributed by atoms with Gasteiger partial charge in [0.2, 0.25) is 0 Å². The SMILES string of the molecule is CCc1nc2c(ccc3scnc32)s1. The van der Waals surface area contributed by atoms with Gasteiger partial charge in [0.1, 0.15) is 11.0 Å². The number of aromatic nitrogens is 2. The Morgan fingerprint density at radius 1 is 1.21 bits per heavy atom. The second-order valence-electron chi connectivity index (χ2n) is 3.07. The van der Waals surface area contributed by atoms with Gasteiger partial charge in [-0.25, -0.2) is 9.97 Å². The minimum Gasteiger partial charge on any atom is -0.242 e. The van der Waals surface area contributed by atoms with Crippen molar-refractivity contribution >= 4 is 43.1 Å². The number of rotatable bonds is 1. The first kappa shape index (κ1) is 8.32. The third-order valence-electron chi connectivity index (χ3n) is 2.21. The van der Waals surface area contributed by atoms with E-state index in [1.54, 1.807) is 22.7 Å². The summed E-state index contributed by atoms with van der Waals surface area (Å²) < 4.78 is 2.48. The molecule has 1 aromatic carbocycles. The molecule has 3 rings (SSSR count). The number of nitrogens with zero attached hydrogens (tertiary/aromatic N) is 2. The lowest BCUT2D eigenvalue weighted by Gasteiger charge is -1.87. The highest BCUT2D eigenvalue weighted by Gasteiger charge is 2.07. The molecule has 0 N–H and O–H groups in total. The first-order valence-electron chi connectivity index (χ1n) is 4.50. The molecule has 0 spiro atoms. The number of fused-ring (bicyclic) bond motifs is 3. The van der Waals surface area contributed by atoms with Crippen LogP contribution in [-0.2, 0) is 6.42 Å². The van der Waals surface area contributed by atoms with Crippen LogP contribution in [0.1, 0.15) is 11.9 Å². The lowest BCUT2D eigenvalue weighted by molar-refractivity contribution is 1.11. The Morgan fingerprint density at radius 3 is 2.93 bits per heavy atom. The van der Waals surface area contributed by atoms with Crippen LogP contribution in [0.25, 0.3) is 20.4 Å². The molecular weight excluding hydrogens is 212 g/mol. The lowest BCUT2D eigenvalue weighted by atomic mass is 10.3. The molecule has 2 aromatic heterocycles. The molecule has 0 amide bonds. The molecule has 2 nitrogen and oxygen atoms in total. The van der Waals surface area contributed by atoms with Crippen LogP contribution < -0.4 is 0 Å². The van der Waals surface area contributed by atoms with Gasteiger partial charge >= 0.3 is 0 Å². The maximum absolute atomic E-state index is 4.59. The highest BCUT2D eigenvalue weighted by atomic mass is 32.1. The highest BCUT2D eigenvalue weighted by molar-refractivity contribution is 7.19. The summed E-state index contributed by atoms with van der Waals surface area (Å²) in [6, 6.07) is 4.28. The smallest absolute Gasteiger partial charge is 0.109 e. The van der Waals surface area contributed by atoms with E-state index in [4.69, 9.17) is 0 Å². The largest absolute Gasteiger partial charge is 0.242 e. The minimum atomic E-state index is 1.00. The number of hydrogen-bond acceptors (Lipinski definition) is 4. The van der Waals surface area contributed by atoms with Crippen molar-refractivity contribution in [2.24, 2.45) is 0 Å². The van der Waals surface area contributed by atoms with Gasteiger partial charge in [0.15, 0.2) is 0 Å². The van der Waals surface area contributed by atoms with E-state index in [1.165, 1.54) is 14.4 Å². The Kier molecular flexibility index (Phi) is 1.78. The fourth-order valence-corrected chi connectivity index (χ4v) is 3.10. The predicted molar refractivity (Wildman–Crippen MR) is 62.2 cm³/mol. The molecule has 0 bridgehead atoms. The molecule has 70 valence electrons. The van der Waals surface area contributed by atoms with Crippen LogP contribution in [0.2, 0.25) is 0 Å². The summed E-state index contributed by atoms with van der Waals surface area (Å²) in [4.78, 5) is 8.95. The van der Waals surface area contributed by atoms with Crippen LogP contribution in [0.3, 0.4) is 0 Å². The van der Waals surface area contributed by atoms with Gasteiger partial charge in [0, 0.05) is 0 Å². The van der Waals surface area contributed by atoms with Crippen LogP contribution in [0.5, 0.6) is 0 Å². The molecule has 0 fully saturated rings. The Hall–Kier alpha value is -1.00. The van der Waals surface area contributed by atoms with E-state index in [9.17, 15) is 0 Å². The summed E-state index contributed by atoms with van der Waals surface area (Å²) in [6.07, 6.45) is 1.00. The molecule has 4 heteroatoms. The second kappa shape index (κ2) is 3.00. The normalized spacial score (nSPS) is 11.5. The molecule has 0 saturated heterocycles. The van der Waals surface area contributed by atoms with Crippen LogP contribution in [0.15, 0.2) is 17.6 Å². The van der Waals surface area contributed by atoms with Crippen LogP contribution in [-0.4, -0.2) is 9.97 Å². The van der Waals surface area contributed by atoms with Gasteiger partial charge in [-0.2, -0.15) is 0 Å². The zero-order chi connectivity index (χ0) is 9.54. The maximum Gasteiger partial charge on any atom is 0.109 e. The molecule has 0 aliphatic rings. The summed E-state index contributed by atoms with van der Waals surface area (Å²) in [7, 11) is 0. The van der Waals surface area contributed by atoms with Crippen molar-refractivity contribution in [2.75, 3.05) is 0 Å². The Balaban J connectivity index is 2.49. The van der Waals surface area contributed by atoms with E-state index in [0.717, 1.165) is 17.5 Å². The lowest BCUT2D eigenvalue weighted by Crippen LogP contribution is -1.76. The zero-order valence-electron chi connectivity index (χ0n) is 7.65. The van der Waals surface area contributed by atoms with E-state index < -0.39 is 0 Å². The molecule has 14 heavy (non-hydrogen) atoms. The van der Waals surface area contributed by atoms with E-state index >= 15 is 0 Å². The van der Waals surface area contributed by atoms with Crippen LogP contribution in [0.4, 0.5) is 0 Å². The third-order valence-corrected chi connectivity index (χ3v) is 4.16. The van der Waals surface area contributed by atoms with E-state index in [-0.39, 0.29) is 0 Å². The van der Waals surface area contributed by atoms with Gasteiger partial charge in [0.05, 0.1) is 19.9 Å². The van der Waals surface area contributed by atoms with Gasteiger partial charge in [-0.3, -0.25) is 0 Å². The molecule has 0 aliphatic carbocycles. The Bertz CT molecular complexity index is 594. The predicted octanol–water partition coefficient (Wildman–Crippen LogP) is 3.47. The highest BCUT2D eigenvalue weighted by Crippen LogP contribution is 2.30. The fraction of sp³-hybridized carbons (Fsp3) is 0.200. The monoisotopic (exact) mass is 220 g/mol. The average Bonchev–Trinajstić information content (AvgIpc) is 2.82. The van der Waals surface area contributed by atoms with Crippen molar-refractivity contribution in [3.63, 3.8) is 0 Å². The summed E-state index contributed by atoms with van der Waals surface area (Å²) in [5.74, 6) is 0.